The van der Waals surface area contributed by atoms with E-state index in [2.05, 4.69) is 21.4 Å². The molecule has 0 unspecified atom stereocenters. The molecule has 1 aromatic carbocycles. The maximum Gasteiger partial charge on any atom is 0.257 e. The molecule has 2 rings (SSSR count). The van der Waals surface area contributed by atoms with Crippen molar-refractivity contribution in [3.05, 3.63) is 28.7 Å². The molecule has 10 heteroatoms. The molecule has 116 valence electrons. The van der Waals surface area contributed by atoms with Crippen molar-refractivity contribution in [3.63, 3.8) is 0 Å². The largest absolute Gasteiger partial charge is 0.277 e. The molecule has 0 aliphatic carbocycles. The first-order chi connectivity index (χ1) is 9.70. The normalized spacial score (nSPS) is 21.1. The number of halogens is 1. The monoisotopic (exact) mass is 396 g/mol. The Bertz CT molecular complexity index is 761. The zero-order valence-corrected chi connectivity index (χ0v) is 14.0. The van der Waals surface area contributed by atoms with Crippen molar-refractivity contribution in [2.24, 2.45) is 5.92 Å². The fourth-order valence-electron chi connectivity index (χ4n) is 1.91. The molecule has 1 aliphatic rings. The van der Waals surface area contributed by atoms with Gasteiger partial charge in [-0.3, -0.25) is 10.2 Å². The van der Waals surface area contributed by atoms with E-state index in [4.69, 9.17) is 0 Å². The molecule has 0 aromatic heterocycles. The van der Waals surface area contributed by atoms with Crippen LogP contribution in [0.4, 0.5) is 0 Å². The number of hydrazine groups is 1. The van der Waals surface area contributed by atoms with E-state index < -0.39 is 31.7 Å². The van der Waals surface area contributed by atoms with Crippen molar-refractivity contribution >= 4 is 41.7 Å². The van der Waals surface area contributed by atoms with Gasteiger partial charge in [-0.2, -0.15) is 0 Å². The third-order valence-corrected chi connectivity index (χ3v) is 6.52. The van der Waals surface area contributed by atoms with Crippen LogP contribution in [0.25, 0.3) is 0 Å². The Kier molecular flexibility index (Phi) is 4.71. The Morgan fingerprint density at radius 1 is 1.33 bits per heavy atom. The minimum Gasteiger partial charge on any atom is -0.277 e. The predicted octanol–water partition coefficient (Wildman–Crippen LogP) is 0.193. The van der Waals surface area contributed by atoms with Crippen molar-refractivity contribution in [1.82, 2.24) is 10.3 Å². The minimum absolute atomic E-state index is 0.0174. The number of hydrogen-bond donors (Lipinski definition) is 2. The Hall–Kier alpha value is -0.970. The lowest BCUT2D eigenvalue weighted by Crippen LogP contribution is -2.44. The van der Waals surface area contributed by atoms with Crippen LogP contribution in [0.1, 0.15) is 6.42 Å². The molecule has 2 N–H and O–H groups in total. The summed E-state index contributed by atoms with van der Waals surface area (Å²) < 4.78 is 47.1. The van der Waals surface area contributed by atoms with Crippen LogP contribution in [0.2, 0.25) is 0 Å². The van der Waals surface area contributed by atoms with Crippen LogP contribution in [0.15, 0.2) is 33.6 Å². The Labute approximate surface area is 131 Å². The van der Waals surface area contributed by atoms with Crippen molar-refractivity contribution in [3.8, 4) is 0 Å². The molecule has 1 saturated heterocycles. The van der Waals surface area contributed by atoms with Gasteiger partial charge >= 0.3 is 0 Å². The summed E-state index contributed by atoms with van der Waals surface area (Å²) in [6, 6.07) is 5.97. The van der Waals surface area contributed by atoms with Crippen molar-refractivity contribution in [1.29, 1.82) is 0 Å². The van der Waals surface area contributed by atoms with Crippen molar-refractivity contribution < 1.29 is 21.6 Å². The van der Waals surface area contributed by atoms with Gasteiger partial charge in [0.2, 0.25) is 5.91 Å². The number of rotatable bonds is 4. The Morgan fingerprint density at radius 3 is 2.62 bits per heavy atom. The summed E-state index contributed by atoms with van der Waals surface area (Å²) in [5.41, 5.74) is 2.06. The van der Waals surface area contributed by atoms with E-state index >= 15 is 0 Å². The summed E-state index contributed by atoms with van der Waals surface area (Å²) >= 11 is 3.15. The zero-order chi connectivity index (χ0) is 15.7. The van der Waals surface area contributed by atoms with Crippen LogP contribution in [-0.4, -0.2) is 34.2 Å². The lowest BCUT2D eigenvalue weighted by atomic mass is 10.1. The number of nitrogens with one attached hydrogen (secondary N) is 2. The first kappa shape index (κ1) is 16.4. The molecule has 1 heterocycles. The summed E-state index contributed by atoms with van der Waals surface area (Å²) in [6.45, 7) is 0. The van der Waals surface area contributed by atoms with E-state index in [1.54, 1.807) is 12.1 Å². The molecule has 0 bridgehead atoms. The summed E-state index contributed by atoms with van der Waals surface area (Å²) in [7, 11) is -7.09. The van der Waals surface area contributed by atoms with E-state index in [0.29, 0.717) is 4.47 Å². The fourth-order valence-corrected chi connectivity index (χ4v) is 5.10. The van der Waals surface area contributed by atoms with Crippen LogP contribution in [0.5, 0.6) is 0 Å². The zero-order valence-electron chi connectivity index (χ0n) is 10.7. The van der Waals surface area contributed by atoms with Gasteiger partial charge in [0.1, 0.15) is 0 Å². The van der Waals surface area contributed by atoms with E-state index in [1.165, 1.54) is 12.1 Å². The standard InChI is InChI=1S/C11H13BrN2O5S2/c12-9-2-1-3-10(6-9)21(18,19)14-13-11(15)8-4-5-20(16,17)7-8/h1-3,6,8,14H,4-5,7H2,(H,13,15)/t8-/m0/s1. The molecular weight excluding hydrogens is 384 g/mol. The molecule has 21 heavy (non-hydrogen) atoms. The second-order valence-electron chi connectivity index (χ2n) is 4.65. The Balaban J connectivity index is 2.01. The predicted molar refractivity (Wildman–Crippen MR) is 79.4 cm³/mol. The van der Waals surface area contributed by atoms with Crippen molar-refractivity contribution in [2.75, 3.05) is 11.5 Å². The molecule has 7 nitrogen and oxygen atoms in total. The molecule has 1 atom stereocenters. The summed E-state index contributed by atoms with van der Waals surface area (Å²) in [5, 5.41) is 0. The molecular formula is C11H13BrN2O5S2. The second-order valence-corrected chi connectivity index (χ2v) is 9.48. The number of carbonyl (C=O) groups excluding carboxylic acids is 1. The quantitative estimate of drug-likeness (QED) is 0.706. The molecule has 0 spiro atoms. The Morgan fingerprint density at radius 2 is 2.05 bits per heavy atom. The average molecular weight is 397 g/mol. The average Bonchev–Trinajstić information content (AvgIpc) is 2.76. The van der Waals surface area contributed by atoms with Gasteiger partial charge in [-0.05, 0) is 24.6 Å². The highest BCUT2D eigenvalue weighted by molar-refractivity contribution is 9.10. The van der Waals surface area contributed by atoms with Gasteiger partial charge in [0.25, 0.3) is 10.0 Å². The molecule has 0 saturated carbocycles. The number of sulfone groups is 1. The lowest BCUT2D eigenvalue weighted by Gasteiger charge is -2.11. The maximum atomic E-state index is 12.0. The van der Waals surface area contributed by atoms with Crippen molar-refractivity contribution in [2.45, 2.75) is 11.3 Å². The molecule has 1 aromatic rings. The van der Waals surface area contributed by atoms with Gasteiger partial charge in [-0.25, -0.2) is 16.8 Å². The molecule has 1 aliphatic heterocycles. The smallest absolute Gasteiger partial charge is 0.257 e. The summed E-state index contributed by atoms with van der Waals surface area (Å²) in [6.07, 6.45) is 0.201. The number of sulfonamides is 1. The highest BCUT2D eigenvalue weighted by atomic mass is 79.9. The van der Waals surface area contributed by atoms with E-state index in [0.717, 1.165) is 0 Å². The number of benzene rings is 1. The van der Waals surface area contributed by atoms with Crippen LogP contribution >= 0.6 is 15.9 Å². The maximum absolute atomic E-state index is 12.0. The highest BCUT2D eigenvalue weighted by Crippen LogP contribution is 2.18. The first-order valence-corrected chi connectivity index (χ1v) is 10.1. The van der Waals surface area contributed by atoms with Crippen LogP contribution in [0, 0.1) is 5.92 Å². The van der Waals surface area contributed by atoms with Gasteiger partial charge in [0.15, 0.2) is 9.84 Å². The third-order valence-electron chi connectivity index (χ3n) is 3.02. The number of hydrogen-bond acceptors (Lipinski definition) is 5. The van der Waals surface area contributed by atoms with E-state index in [-0.39, 0.29) is 22.8 Å². The molecule has 1 amide bonds. The topological polar surface area (TPSA) is 109 Å². The van der Waals surface area contributed by atoms with Gasteiger partial charge < -0.3 is 0 Å². The lowest BCUT2D eigenvalue weighted by molar-refractivity contribution is -0.124. The third kappa shape index (κ3) is 4.25. The summed E-state index contributed by atoms with van der Waals surface area (Å²) in [5.74, 6) is -1.67. The molecule has 1 fully saturated rings. The minimum atomic E-state index is -3.90. The van der Waals surface area contributed by atoms with Gasteiger partial charge in [0.05, 0.1) is 22.3 Å². The van der Waals surface area contributed by atoms with E-state index in [9.17, 15) is 21.6 Å². The van der Waals surface area contributed by atoms with Crippen LogP contribution in [0.3, 0.4) is 0 Å². The number of carbonyl (C=O) groups is 1. The van der Waals surface area contributed by atoms with Gasteiger partial charge in [-0.1, -0.05) is 22.0 Å². The number of amides is 1. The van der Waals surface area contributed by atoms with Gasteiger partial charge in [-0.15, -0.1) is 4.83 Å². The first-order valence-electron chi connectivity index (χ1n) is 5.97. The van der Waals surface area contributed by atoms with Crippen LogP contribution < -0.4 is 10.3 Å². The second kappa shape index (κ2) is 6.03. The van der Waals surface area contributed by atoms with Gasteiger partial charge in [0, 0.05) is 4.47 Å². The SMILES string of the molecule is O=C(NNS(=O)(=O)c1cccc(Br)c1)[C@H]1CCS(=O)(=O)C1. The summed E-state index contributed by atoms with van der Waals surface area (Å²) in [4.78, 5) is 13.7. The molecule has 0 radical (unpaired) electrons. The van der Waals surface area contributed by atoms with E-state index in [1.807, 2.05) is 4.83 Å². The highest BCUT2D eigenvalue weighted by Gasteiger charge is 2.33. The fraction of sp³-hybridized carbons (Fsp3) is 0.364. The van der Waals surface area contributed by atoms with Crippen LogP contribution in [-0.2, 0) is 24.7 Å².